The number of H-pyrrole nitrogens is 1. The summed E-state index contributed by atoms with van der Waals surface area (Å²) in [4.78, 5) is 24.1. The van der Waals surface area contributed by atoms with Gasteiger partial charge in [0.15, 0.2) is 0 Å². The molecule has 1 atom stereocenters. The highest BCUT2D eigenvalue weighted by atomic mass is 32.2. The van der Waals surface area contributed by atoms with E-state index in [4.69, 9.17) is 0 Å². The highest BCUT2D eigenvalue weighted by Gasteiger charge is 2.36. The quantitative estimate of drug-likeness (QED) is 0.832. The van der Waals surface area contributed by atoms with Crippen LogP contribution in [0.2, 0.25) is 0 Å². The van der Waals surface area contributed by atoms with Gasteiger partial charge in [-0.05, 0) is 19.3 Å². The zero-order chi connectivity index (χ0) is 14.4. The van der Waals surface area contributed by atoms with Gasteiger partial charge in [-0.25, -0.2) is 0 Å². The van der Waals surface area contributed by atoms with Gasteiger partial charge in [0.05, 0.1) is 11.3 Å². The Hall–Kier alpha value is -1.17. The Morgan fingerprint density at radius 1 is 1.32 bits per heavy atom. The molecule has 2 N–H and O–H groups in total. The molecule has 0 aliphatic carbocycles. The summed E-state index contributed by atoms with van der Waals surface area (Å²) >= 11 is 1.54. The first-order chi connectivity index (χ1) is 8.71. The van der Waals surface area contributed by atoms with Gasteiger partial charge < -0.3 is 5.32 Å². The first kappa shape index (κ1) is 14.2. The van der Waals surface area contributed by atoms with Crippen LogP contribution >= 0.6 is 11.8 Å². The number of carbonyl (C=O) groups is 1. The number of thioether (sulfide) groups is 1. The minimum atomic E-state index is -0.0988. The topological polar surface area (TPSA) is 66.9 Å². The van der Waals surface area contributed by atoms with Crippen molar-refractivity contribution >= 4 is 23.5 Å². The third kappa shape index (κ3) is 2.59. The lowest BCUT2D eigenvalue weighted by atomic mass is 9.88. The lowest BCUT2D eigenvalue weighted by molar-refractivity contribution is -0.113. The summed E-state index contributed by atoms with van der Waals surface area (Å²) in [5.74, 6) is 0.968. The van der Waals surface area contributed by atoms with E-state index in [0.29, 0.717) is 17.1 Å². The molecule has 0 unspecified atom stereocenters. The van der Waals surface area contributed by atoms with Gasteiger partial charge in [-0.2, -0.15) is 0 Å². The molecule has 1 aromatic heterocycles. The normalized spacial score (nSPS) is 20.1. The Balaban J connectivity index is 2.64. The van der Waals surface area contributed by atoms with Crippen molar-refractivity contribution in [2.45, 2.75) is 45.9 Å². The van der Waals surface area contributed by atoms with Gasteiger partial charge in [0.25, 0.3) is 5.56 Å². The van der Waals surface area contributed by atoms with E-state index < -0.39 is 0 Å². The smallest absolute Gasteiger partial charge is 0.270 e. The Kier molecular flexibility index (Phi) is 3.55. The van der Waals surface area contributed by atoms with Crippen LogP contribution < -0.4 is 10.9 Å². The predicted octanol–water partition coefficient (Wildman–Crippen LogP) is 2.53. The maximum absolute atomic E-state index is 12.3. The fraction of sp³-hybridized carbons (Fsp3) is 0.692. The van der Waals surface area contributed by atoms with Gasteiger partial charge in [0.2, 0.25) is 5.91 Å². The summed E-state index contributed by atoms with van der Waals surface area (Å²) in [6, 6.07) is 0.0977. The molecule has 0 aromatic carbocycles. The lowest BCUT2D eigenvalue weighted by Gasteiger charge is -2.28. The summed E-state index contributed by atoms with van der Waals surface area (Å²) in [6.07, 6.45) is 0. The van der Waals surface area contributed by atoms with Crippen LogP contribution in [0, 0.1) is 5.41 Å². The second-order valence-electron chi connectivity index (χ2n) is 6.27. The Labute approximate surface area is 117 Å². The van der Waals surface area contributed by atoms with E-state index in [2.05, 4.69) is 31.2 Å². The highest BCUT2D eigenvalue weighted by Crippen LogP contribution is 2.46. The zero-order valence-electron chi connectivity index (χ0n) is 12.0. The van der Waals surface area contributed by atoms with Gasteiger partial charge >= 0.3 is 0 Å². The standard InChI is InChI=1S/C13H21N3O2S/c1-7(2)16-11-9(12(18)15-16)10(13(3,4)5)19-6-8(17)14-11/h7,10H,6H2,1-5H3,(H,14,17)(H,15,18)/t10-/m0/s1. The fourth-order valence-corrected chi connectivity index (χ4v) is 3.59. The van der Waals surface area contributed by atoms with Crippen LogP contribution in [0.25, 0.3) is 0 Å². The number of anilines is 1. The molecule has 19 heavy (non-hydrogen) atoms. The summed E-state index contributed by atoms with van der Waals surface area (Å²) < 4.78 is 1.75. The van der Waals surface area contributed by atoms with E-state index in [-0.39, 0.29) is 28.2 Å². The Bertz CT molecular complexity index is 551. The molecule has 1 amide bonds. The molecule has 106 valence electrons. The number of carbonyl (C=O) groups excluding carboxylic acids is 1. The van der Waals surface area contributed by atoms with Crippen molar-refractivity contribution in [3.8, 4) is 0 Å². The van der Waals surface area contributed by atoms with Crippen LogP contribution in [0.5, 0.6) is 0 Å². The molecule has 0 spiro atoms. The van der Waals surface area contributed by atoms with E-state index in [1.54, 1.807) is 4.68 Å². The van der Waals surface area contributed by atoms with Crippen LogP contribution in [0.4, 0.5) is 5.82 Å². The molecule has 0 bridgehead atoms. The van der Waals surface area contributed by atoms with Crippen LogP contribution in [0.15, 0.2) is 4.79 Å². The number of aromatic nitrogens is 2. The SMILES string of the molecule is CC(C)n1[nH]c(=O)c2c1NC(=O)CS[C@@H]2C(C)(C)C. The molecule has 0 radical (unpaired) electrons. The summed E-state index contributed by atoms with van der Waals surface area (Å²) in [5.41, 5.74) is 0.511. The van der Waals surface area contributed by atoms with Crippen molar-refractivity contribution in [2.24, 2.45) is 5.41 Å². The molecular weight excluding hydrogens is 262 g/mol. The fourth-order valence-electron chi connectivity index (χ4n) is 2.31. The van der Waals surface area contributed by atoms with Crippen molar-refractivity contribution in [1.29, 1.82) is 0 Å². The minimum absolute atomic E-state index is 0.00481. The first-order valence-corrected chi connectivity index (χ1v) is 7.52. The maximum Gasteiger partial charge on any atom is 0.270 e. The van der Waals surface area contributed by atoms with E-state index in [0.717, 1.165) is 0 Å². The van der Waals surface area contributed by atoms with E-state index >= 15 is 0 Å². The molecule has 1 aliphatic heterocycles. The average Bonchev–Trinajstić information content (AvgIpc) is 2.47. The van der Waals surface area contributed by atoms with Crippen LogP contribution in [-0.4, -0.2) is 21.4 Å². The Morgan fingerprint density at radius 3 is 2.47 bits per heavy atom. The third-order valence-electron chi connectivity index (χ3n) is 3.17. The minimum Gasteiger partial charge on any atom is -0.310 e. The van der Waals surface area contributed by atoms with Gasteiger partial charge in [-0.3, -0.25) is 19.4 Å². The van der Waals surface area contributed by atoms with Crippen molar-refractivity contribution in [3.63, 3.8) is 0 Å². The van der Waals surface area contributed by atoms with Crippen molar-refractivity contribution in [2.75, 3.05) is 11.1 Å². The number of fused-ring (bicyclic) bond motifs is 1. The number of nitrogens with one attached hydrogen (secondary N) is 2. The monoisotopic (exact) mass is 283 g/mol. The zero-order valence-corrected chi connectivity index (χ0v) is 12.9. The summed E-state index contributed by atoms with van der Waals surface area (Å²) in [5, 5.41) is 5.71. The van der Waals surface area contributed by atoms with Crippen molar-refractivity contribution in [3.05, 3.63) is 15.9 Å². The molecule has 2 rings (SSSR count). The molecular formula is C13H21N3O2S. The van der Waals surface area contributed by atoms with Crippen molar-refractivity contribution < 1.29 is 4.79 Å². The molecule has 1 aliphatic rings. The van der Waals surface area contributed by atoms with Gasteiger partial charge in [-0.15, -0.1) is 11.8 Å². The molecule has 0 saturated heterocycles. The van der Waals surface area contributed by atoms with Crippen LogP contribution in [0.3, 0.4) is 0 Å². The number of nitrogens with zero attached hydrogens (tertiary/aromatic N) is 1. The summed E-state index contributed by atoms with van der Waals surface area (Å²) in [6.45, 7) is 10.2. The van der Waals surface area contributed by atoms with E-state index in [9.17, 15) is 9.59 Å². The largest absolute Gasteiger partial charge is 0.310 e. The lowest BCUT2D eigenvalue weighted by Crippen LogP contribution is -2.21. The predicted molar refractivity (Wildman–Crippen MR) is 78.7 cm³/mol. The average molecular weight is 283 g/mol. The van der Waals surface area contributed by atoms with Gasteiger partial charge in [-0.1, -0.05) is 20.8 Å². The second-order valence-corrected chi connectivity index (χ2v) is 7.37. The van der Waals surface area contributed by atoms with E-state index in [1.807, 2.05) is 13.8 Å². The highest BCUT2D eigenvalue weighted by molar-refractivity contribution is 8.00. The molecule has 0 fully saturated rings. The van der Waals surface area contributed by atoms with Crippen LogP contribution in [0.1, 0.15) is 51.5 Å². The maximum atomic E-state index is 12.3. The van der Waals surface area contributed by atoms with Crippen LogP contribution in [-0.2, 0) is 4.79 Å². The molecule has 5 nitrogen and oxygen atoms in total. The molecule has 6 heteroatoms. The number of aromatic amines is 1. The van der Waals surface area contributed by atoms with Gasteiger partial charge in [0.1, 0.15) is 5.82 Å². The second kappa shape index (κ2) is 4.74. The molecule has 1 aromatic rings. The Morgan fingerprint density at radius 2 is 1.95 bits per heavy atom. The number of hydrogen-bond donors (Lipinski definition) is 2. The number of rotatable bonds is 1. The number of amides is 1. The van der Waals surface area contributed by atoms with Crippen molar-refractivity contribution in [1.82, 2.24) is 9.78 Å². The third-order valence-corrected chi connectivity index (χ3v) is 4.87. The molecule has 0 saturated carbocycles. The van der Waals surface area contributed by atoms with E-state index in [1.165, 1.54) is 11.8 Å². The van der Waals surface area contributed by atoms with Gasteiger partial charge in [0, 0.05) is 11.3 Å². The molecule has 2 heterocycles. The number of hydrogen-bond acceptors (Lipinski definition) is 3. The summed E-state index contributed by atoms with van der Waals surface area (Å²) in [7, 11) is 0. The first-order valence-electron chi connectivity index (χ1n) is 6.47.